The molecule has 0 saturated carbocycles. The van der Waals surface area contributed by atoms with Gasteiger partial charge in [0.25, 0.3) is 0 Å². The monoisotopic (exact) mass is 168 g/mol. The third-order valence-electron chi connectivity index (χ3n) is 2.12. The average molecular weight is 168 g/mol. The minimum absolute atomic E-state index is 0.289. The maximum absolute atomic E-state index is 11.0. The molecule has 0 aromatic rings. The summed E-state index contributed by atoms with van der Waals surface area (Å²) in [5.74, 6) is -0.378. The molecule has 0 unspecified atom stereocenters. The highest BCUT2D eigenvalue weighted by molar-refractivity contribution is 5.96. The zero-order valence-corrected chi connectivity index (χ0v) is 7.51. The summed E-state index contributed by atoms with van der Waals surface area (Å²) in [6.45, 7) is 5.67. The molecule has 0 N–H and O–H groups in total. The summed E-state index contributed by atoms with van der Waals surface area (Å²) in [5.41, 5.74) is 0.653. The van der Waals surface area contributed by atoms with E-state index in [0.29, 0.717) is 11.1 Å². The number of carbonyl (C=O) groups excluding carboxylic acids is 2. The van der Waals surface area contributed by atoms with Crippen molar-refractivity contribution in [3.05, 3.63) is 11.1 Å². The van der Waals surface area contributed by atoms with Crippen molar-refractivity contribution in [1.29, 1.82) is 0 Å². The Morgan fingerprint density at radius 3 is 2.50 bits per heavy atom. The second kappa shape index (κ2) is 2.73. The lowest BCUT2D eigenvalue weighted by Crippen LogP contribution is -2.32. The van der Waals surface area contributed by atoms with Gasteiger partial charge in [-0.3, -0.25) is 4.79 Å². The second-order valence-corrected chi connectivity index (χ2v) is 3.62. The lowest BCUT2D eigenvalue weighted by Gasteiger charge is -2.29. The number of rotatable bonds is 1. The zero-order chi connectivity index (χ0) is 9.35. The van der Waals surface area contributed by atoms with E-state index in [9.17, 15) is 9.59 Å². The first kappa shape index (κ1) is 8.97. The van der Waals surface area contributed by atoms with E-state index in [1.807, 2.05) is 13.8 Å². The van der Waals surface area contributed by atoms with Crippen molar-refractivity contribution in [2.45, 2.75) is 20.8 Å². The Morgan fingerprint density at radius 1 is 1.50 bits per heavy atom. The van der Waals surface area contributed by atoms with Crippen LogP contribution in [0.4, 0.5) is 0 Å². The number of aldehydes is 1. The molecule has 0 aromatic carbocycles. The van der Waals surface area contributed by atoms with Gasteiger partial charge in [-0.2, -0.15) is 0 Å². The molecule has 0 spiro atoms. The van der Waals surface area contributed by atoms with Crippen LogP contribution in [-0.4, -0.2) is 18.9 Å². The Morgan fingerprint density at radius 2 is 2.08 bits per heavy atom. The molecule has 1 aliphatic heterocycles. The summed E-state index contributed by atoms with van der Waals surface area (Å²) in [6.07, 6.45) is 0.746. The van der Waals surface area contributed by atoms with Crippen LogP contribution >= 0.6 is 0 Å². The van der Waals surface area contributed by atoms with Gasteiger partial charge in [0.05, 0.1) is 0 Å². The number of hydrogen-bond acceptors (Lipinski definition) is 3. The van der Waals surface area contributed by atoms with Crippen molar-refractivity contribution in [2.24, 2.45) is 5.41 Å². The van der Waals surface area contributed by atoms with Gasteiger partial charge in [0.15, 0.2) is 0 Å². The Bertz CT molecular complexity index is 261. The number of esters is 1. The highest BCUT2D eigenvalue weighted by Gasteiger charge is 2.33. The fraction of sp³-hybridized carbons (Fsp3) is 0.556. The van der Waals surface area contributed by atoms with Gasteiger partial charge in [-0.05, 0) is 6.92 Å². The van der Waals surface area contributed by atoms with Crippen LogP contribution in [0, 0.1) is 5.41 Å². The van der Waals surface area contributed by atoms with Gasteiger partial charge in [-0.1, -0.05) is 13.8 Å². The molecule has 66 valence electrons. The molecule has 0 fully saturated rings. The van der Waals surface area contributed by atoms with E-state index in [1.165, 1.54) is 0 Å². The summed E-state index contributed by atoms with van der Waals surface area (Å²) < 4.78 is 4.88. The van der Waals surface area contributed by atoms with Crippen LogP contribution < -0.4 is 0 Å². The van der Waals surface area contributed by atoms with Crippen LogP contribution in [0.3, 0.4) is 0 Å². The van der Waals surface area contributed by atoms with E-state index < -0.39 is 0 Å². The topological polar surface area (TPSA) is 43.4 Å². The normalized spacial score (nSPS) is 22.1. The molecule has 0 aromatic heterocycles. The van der Waals surface area contributed by atoms with Gasteiger partial charge in [0.2, 0.25) is 0 Å². The highest BCUT2D eigenvalue weighted by atomic mass is 16.5. The standard InChI is InChI=1S/C9H12O3/c1-6-7(4-10)9(2,3)5-12-8(6)11/h4H,5H2,1-3H3. The molecule has 0 aliphatic carbocycles. The summed E-state index contributed by atoms with van der Waals surface area (Å²) in [6, 6.07) is 0. The first-order chi connectivity index (χ1) is 5.49. The molecular formula is C9H12O3. The van der Waals surface area contributed by atoms with Gasteiger partial charge in [0.1, 0.15) is 12.9 Å². The van der Waals surface area contributed by atoms with E-state index >= 15 is 0 Å². The van der Waals surface area contributed by atoms with Gasteiger partial charge < -0.3 is 4.74 Å². The van der Waals surface area contributed by atoms with E-state index in [0.717, 1.165) is 6.29 Å². The first-order valence-corrected chi connectivity index (χ1v) is 3.82. The van der Waals surface area contributed by atoms with E-state index in [1.54, 1.807) is 6.92 Å². The fourth-order valence-electron chi connectivity index (χ4n) is 1.30. The number of hydrogen-bond donors (Lipinski definition) is 0. The lowest BCUT2D eigenvalue weighted by molar-refractivity contribution is -0.143. The van der Waals surface area contributed by atoms with Crippen molar-refractivity contribution in [3.8, 4) is 0 Å². The Kier molecular flexibility index (Phi) is 2.04. The molecule has 12 heavy (non-hydrogen) atoms. The zero-order valence-electron chi connectivity index (χ0n) is 7.51. The van der Waals surface area contributed by atoms with E-state index in [4.69, 9.17) is 4.74 Å². The highest BCUT2D eigenvalue weighted by Crippen LogP contribution is 2.31. The summed E-state index contributed by atoms with van der Waals surface area (Å²) >= 11 is 0. The van der Waals surface area contributed by atoms with Crippen molar-refractivity contribution >= 4 is 12.3 Å². The quantitative estimate of drug-likeness (QED) is 0.434. The van der Waals surface area contributed by atoms with Crippen LogP contribution in [0.1, 0.15) is 20.8 Å². The Hall–Kier alpha value is -1.12. The summed E-state index contributed by atoms with van der Waals surface area (Å²) in [5, 5.41) is 0. The van der Waals surface area contributed by atoms with Crippen LogP contribution in [0.2, 0.25) is 0 Å². The minimum atomic E-state index is -0.378. The van der Waals surface area contributed by atoms with Gasteiger partial charge >= 0.3 is 5.97 Å². The third kappa shape index (κ3) is 1.26. The number of cyclic esters (lactones) is 1. The minimum Gasteiger partial charge on any atom is -0.461 e. The van der Waals surface area contributed by atoms with Gasteiger partial charge in [0, 0.05) is 16.6 Å². The average Bonchev–Trinajstić information content (AvgIpc) is 1.99. The number of ether oxygens (including phenoxy) is 1. The largest absolute Gasteiger partial charge is 0.461 e. The lowest BCUT2D eigenvalue weighted by atomic mass is 9.81. The molecule has 0 atom stereocenters. The summed E-state index contributed by atoms with van der Waals surface area (Å²) in [7, 11) is 0. The molecule has 0 saturated heterocycles. The van der Waals surface area contributed by atoms with Crippen LogP contribution in [0.15, 0.2) is 11.1 Å². The molecule has 0 bridgehead atoms. The van der Waals surface area contributed by atoms with Crippen LogP contribution in [0.25, 0.3) is 0 Å². The fourth-order valence-corrected chi connectivity index (χ4v) is 1.30. The molecular weight excluding hydrogens is 156 g/mol. The summed E-state index contributed by atoms with van der Waals surface area (Å²) in [4.78, 5) is 21.7. The third-order valence-corrected chi connectivity index (χ3v) is 2.12. The molecule has 1 aliphatic rings. The Balaban J connectivity index is 3.18. The smallest absolute Gasteiger partial charge is 0.334 e. The maximum atomic E-state index is 11.0. The predicted molar refractivity (Wildman–Crippen MR) is 43.5 cm³/mol. The van der Waals surface area contributed by atoms with Gasteiger partial charge in [-0.25, -0.2) is 4.79 Å². The van der Waals surface area contributed by atoms with Gasteiger partial charge in [-0.15, -0.1) is 0 Å². The van der Waals surface area contributed by atoms with Crippen molar-refractivity contribution in [2.75, 3.05) is 6.61 Å². The van der Waals surface area contributed by atoms with Crippen molar-refractivity contribution in [3.63, 3.8) is 0 Å². The molecule has 1 rings (SSSR count). The molecule has 0 amide bonds. The first-order valence-electron chi connectivity index (χ1n) is 3.82. The predicted octanol–water partition coefficient (Wildman–Crippen LogP) is 1.08. The SMILES string of the molecule is CC1=C(C=O)C(C)(C)COC1=O. The van der Waals surface area contributed by atoms with E-state index in [-0.39, 0.29) is 18.0 Å². The van der Waals surface area contributed by atoms with Crippen LogP contribution in [0.5, 0.6) is 0 Å². The number of carbonyl (C=O) groups is 2. The molecule has 3 heteroatoms. The maximum Gasteiger partial charge on any atom is 0.334 e. The van der Waals surface area contributed by atoms with Crippen LogP contribution in [-0.2, 0) is 14.3 Å². The van der Waals surface area contributed by atoms with Crippen molar-refractivity contribution in [1.82, 2.24) is 0 Å². The molecule has 3 nitrogen and oxygen atoms in total. The van der Waals surface area contributed by atoms with E-state index in [2.05, 4.69) is 0 Å². The molecule has 1 heterocycles. The molecule has 0 radical (unpaired) electrons. The Labute approximate surface area is 71.4 Å². The second-order valence-electron chi connectivity index (χ2n) is 3.62. The van der Waals surface area contributed by atoms with Crippen molar-refractivity contribution < 1.29 is 14.3 Å².